The number of nitrogens with two attached hydrogens (primary N) is 4. The lowest BCUT2D eigenvalue weighted by Crippen LogP contribution is -2.61. The van der Waals surface area contributed by atoms with Crippen molar-refractivity contribution < 1.29 is 82.8 Å². The van der Waals surface area contributed by atoms with Gasteiger partial charge in [-0.3, -0.25) is 57.5 Å². The monoisotopic (exact) mass is 1050 g/mol. The van der Waals surface area contributed by atoms with Gasteiger partial charge in [-0.05, 0) is 63.5 Å². The maximum Gasteiger partial charge on any atom is 0.326 e. The fourth-order valence-corrected chi connectivity index (χ4v) is 6.81. The first-order valence-electron chi connectivity index (χ1n) is 23.5. The number of aliphatic hydroxyl groups is 1. The van der Waals surface area contributed by atoms with E-state index in [1.54, 1.807) is 44.2 Å². The lowest BCUT2D eigenvalue weighted by molar-refractivity contribution is -0.143. The van der Waals surface area contributed by atoms with Crippen LogP contribution >= 0.6 is 0 Å². The summed E-state index contributed by atoms with van der Waals surface area (Å²) in [6.45, 7) is 3.57. The Morgan fingerprint density at radius 3 is 1.49 bits per heavy atom. The Balaban J connectivity index is 3.43. The summed E-state index contributed by atoms with van der Waals surface area (Å²) in [6.07, 6.45) is -3.70. The van der Waals surface area contributed by atoms with Crippen LogP contribution in [0.4, 0.5) is 0 Å². The van der Waals surface area contributed by atoms with Crippen molar-refractivity contribution in [3.8, 4) is 0 Å². The largest absolute Gasteiger partial charge is 0.481 e. The number of aliphatic carboxylic acids is 3. The molecule has 0 aliphatic heterocycles. The average Bonchev–Trinajstić information content (AvgIpc) is 3.31. The maximum absolute atomic E-state index is 14.0. The summed E-state index contributed by atoms with van der Waals surface area (Å²) in [7, 11) is 0. The number of nitrogens with one attached hydrogen (secondary N) is 8. The Morgan fingerprint density at radius 1 is 0.500 bits per heavy atom. The van der Waals surface area contributed by atoms with E-state index in [4.69, 9.17) is 28.0 Å². The molecule has 29 nitrogen and oxygen atoms in total. The number of carbonyl (C=O) groups excluding carboxylic acids is 10. The molecule has 29 heteroatoms. The summed E-state index contributed by atoms with van der Waals surface area (Å²) in [5.74, 6) is -15.2. The Kier molecular flexibility index (Phi) is 28.7. The smallest absolute Gasteiger partial charge is 0.326 e. The van der Waals surface area contributed by atoms with Crippen LogP contribution in [0, 0.1) is 5.92 Å². The average molecular weight is 1050 g/mol. The second-order valence-electron chi connectivity index (χ2n) is 17.6. The van der Waals surface area contributed by atoms with Crippen molar-refractivity contribution in [3.05, 3.63) is 35.9 Å². The third-order valence-electron chi connectivity index (χ3n) is 10.7. The Morgan fingerprint density at radius 2 is 0.973 bits per heavy atom. The molecule has 0 aliphatic rings. The molecule has 0 aromatic heterocycles. The van der Waals surface area contributed by atoms with E-state index < -0.39 is 176 Å². The standard InChI is InChI=1S/C45H70N12O17/c1-22(2)17-29(41(69)57-32(21-58)44(72)56-30(18-24-9-5-4-6-10-24)42(70)53-28(45(73)74)13-15-35(61)62)55-40(68)27(12-14-33(48)59)52-39(67)26(11-7-8-16-46)51-43(71)31(20-36(63)64)54-37(65)23(3)50-38(66)25(47)19-34(49)60/h4-6,9-10,22-23,25-32,58H,7-8,11-21,46-47H2,1-3H3,(H2,48,59)(H2,49,60)(H,50,66)(H,51,71)(H,52,67)(H,53,70)(H,54,65)(H,55,68)(H,56,72)(H,57,69)(H,61,62)(H,63,64)(H,73,74)/t23-,25-,26-,27-,28-,29-,30-,31-,32-/m0/s1. The SMILES string of the molecule is CC(C)C[C@H](NC(=O)[C@H](CCC(N)=O)NC(=O)[C@H](CCCCN)NC(=O)[C@H](CC(=O)O)NC(=O)[C@H](C)NC(=O)[C@@H](N)CC(N)=O)C(=O)N[C@@H](CO)C(=O)N[C@@H](Cc1ccccc1)C(=O)N[C@@H](CCC(=O)O)C(=O)O. The first-order chi connectivity index (χ1) is 34.7. The second kappa shape index (κ2) is 33.0. The van der Waals surface area contributed by atoms with Crippen molar-refractivity contribution in [1.82, 2.24) is 42.5 Å². The third-order valence-corrected chi connectivity index (χ3v) is 10.7. The molecule has 10 amide bonds. The summed E-state index contributed by atoms with van der Waals surface area (Å²) in [6, 6.07) is -6.35. The highest BCUT2D eigenvalue weighted by Crippen LogP contribution is 2.11. The number of carboxylic acids is 3. The van der Waals surface area contributed by atoms with Gasteiger partial charge in [-0.15, -0.1) is 0 Å². The van der Waals surface area contributed by atoms with E-state index in [2.05, 4.69) is 42.5 Å². The number of hydrogen-bond acceptors (Lipinski definition) is 16. The van der Waals surface area contributed by atoms with Crippen LogP contribution in [0.25, 0.3) is 0 Å². The molecule has 74 heavy (non-hydrogen) atoms. The van der Waals surface area contributed by atoms with Gasteiger partial charge < -0.3 is 85.9 Å². The van der Waals surface area contributed by atoms with E-state index in [0.29, 0.717) is 12.0 Å². The van der Waals surface area contributed by atoms with Gasteiger partial charge in [0.1, 0.15) is 48.3 Å². The lowest BCUT2D eigenvalue weighted by atomic mass is 10.0. The van der Waals surface area contributed by atoms with Gasteiger partial charge in [-0.1, -0.05) is 44.2 Å². The van der Waals surface area contributed by atoms with Crippen molar-refractivity contribution >= 4 is 77.0 Å². The fraction of sp³-hybridized carbons (Fsp3) is 0.578. The molecule has 0 aliphatic carbocycles. The highest BCUT2D eigenvalue weighted by atomic mass is 16.4. The molecular formula is C45H70N12O17. The van der Waals surface area contributed by atoms with Crippen LogP contribution in [-0.4, -0.2) is 165 Å². The van der Waals surface area contributed by atoms with Gasteiger partial charge in [0, 0.05) is 19.3 Å². The summed E-state index contributed by atoms with van der Waals surface area (Å²) < 4.78 is 0. The number of carboxylic acid groups (broad SMARTS) is 3. The molecule has 0 bridgehead atoms. The second-order valence-corrected chi connectivity index (χ2v) is 17.6. The Hall–Kier alpha value is -7.79. The van der Waals surface area contributed by atoms with Gasteiger partial charge in [0.15, 0.2) is 0 Å². The van der Waals surface area contributed by atoms with Gasteiger partial charge in [0.2, 0.25) is 59.1 Å². The number of unbranched alkanes of at least 4 members (excludes halogenated alkanes) is 1. The van der Waals surface area contributed by atoms with E-state index >= 15 is 0 Å². The minimum Gasteiger partial charge on any atom is -0.481 e. The van der Waals surface area contributed by atoms with Crippen LogP contribution in [0.5, 0.6) is 0 Å². The normalized spacial score (nSPS) is 14.6. The molecule has 1 rings (SSSR count). The van der Waals surface area contributed by atoms with E-state index in [0.717, 1.165) is 0 Å². The van der Waals surface area contributed by atoms with E-state index in [1.165, 1.54) is 6.92 Å². The van der Waals surface area contributed by atoms with E-state index in [1.807, 2.05) is 0 Å². The van der Waals surface area contributed by atoms with Crippen molar-refractivity contribution in [2.24, 2.45) is 28.9 Å². The highest BCUT2D eigenvalue weighted by Gasteiger charge is 2.35. The van der Waals surface area contributed by atoms with Crippen molar-refractivity contribution in [2.45, 2.75) is 146 Å². The molecule has 0 fully saturated rings. The van der Waals surface area contributed by atoms with Crippen molar-refractivity contribution in [3.63, 3.8) is 0 Å². The molecule has 9 atom stereocenters. The number of amides is 10. The van der Waals surface area contributed by atoms with Crippen molar-refractivity contribution in [1.29, 1.82) is 0 Å². The summed E-state index contributed by atoms with van der Waals surface area (Å²) in [5.41, 5.74) is 22.1. The first kappa shape index (κ1) is 64.2. The predicted molar refractivity (Wildman–Crippen MR) is 258 cm³/mol. The number of benzene rings is 1. The summed E-state index contributed by atoms with van der Waals surface area (Å²) in [5, 5.41) is 57.0. The van der Waals surface area contributed by atoms with E-state index in [-0.39, 0.29) is 38.1 Å². The third kappa shape index (κ3) is 25.0. The zero-order chi connectivity index (χ0) is 56.2. The topological polar surface area (TPSA) is 503 Å². The Bertz CT molecular complexity index is 2150. The van der Waals surface area contributed by atoms with Gasteiger partial charge in [-0.25, -0.2) is 4.79 Å². The fourth-order valence-electron chi connectivity index (χ4n) is 6.81. The molecule has 20 N–H and O–H groups in total. The molecule has 412 valence electrons. The van der Waals surface area contributed by atoms with Crippen LogP contribution in [-0.2, 0) is 68.7 Å². The van der Waals surface area contributed by atoms with Gasteiger partial charge in [0.25, 0.3) is 0 Å². The van der Waals surface area contributed by atoms with Crippen LogP contribution in [0.1, 0.15) is 90.5 Å². The quantitative estimate of drug-likeness (QED) is 0.0278. The minimum atomic E-state index is -1.86. The van der Waals surface area contributed by atoms with Gasteiger partial charge in [0.05, 0.1) is 25.5 Å². The molecule has 0 radical (unpaired) electrons. The highest BCUT2D eigenvalue weighted by molar-refractivity contribution is 5.99. The first-order valence-corrected chi connectivity index (χ1v) is 23.5. The molecule has 0 unspecified atom stereocenters. The van der Waals surface area contributed by atoms with Gasteiger partial charge >= 0.3 is 17.9 Å². The van der Waals surface area contributed by atoms with Gasteiger partial charge in [-0.2, -0.15) is 0 Å². The molecule has 0 saturated carbocycles. The molecule has 0 saturated heterocycles. The van der Waals surface area contributed by atoms with E-state index in [9.17, 15) is 77.6 Å². The number of primary amides is 2. The number of aliphatic hydroxyl groups excluding tert-OH is 1. The molecule has 1 aromatic rings. The van der Waals surface area contributed by atoms with Crippen molar-refractivity contribution in [2.75, 3.05) is 13.2 Å². The maximum atomic E-state index is 14.0. The van der Waals surface area contributed by atoms with Crippen LogP contribution in [0.2, 0.25) is 0 Å². The summed E-state index contributed by atoms with van der Waals surface area (Å²) >= 11 is 0. The Labute approximate surface area is 425 Å². The van der Waals surface area contributed by atoms with Crippen LogP contribution < -0.4 is 65.5 Å². The number of hydrogen-bond donors (Lipinski definition) is 16. The zero-order valence-electron chi connectivity index (χ0n) is 41.3. The molecular weight excluding hydrogens is 981 g/mol. The predicted octanol–water partition coefficient (Wildman–Crippen LogP) is -5.81. The number of rotatable bonds is 36. The van der Waals surface area contributed by atoms with Crippen LogP contribution in [0.3, 0.4) is 0 Å². The molecule has 0 spiro atoms. The summed E-state index contributed by atoms with van der Waals surface area (Å²) in [4.78, 5) is 166. The molecule has 1 aromatic carbocycles. The van der Waals surface area contributed by atoms with Crippen LogP contribution in [0.15, 0.2) is 30.3 Å². The zero-order valence-corrected chi connectivity index (χ0v) is 41.3. The minimum absolute atomic E-state index is 0.128. The lowest BCUT2D eigenvalue weighted by Gasteiger charge is -2.28. The number of carbonyl (C=O) groups is 13. The molecule has 0 heterocycles.